The average Bonchev–Trinajstić information content (AvgIpc) is 3.07. The van der Waals surface area contributed by atoms with Crippen molar-refractivity contribution in [3.63, 3.8) is 0 Å². The Bertz CT molecular complexity index is 796. The van der Waals surface area contributed by atoms with Crippen molar-refractivity contribution in [3.8, 4) is 6.07 Å². The van der Waals surface area contributed by atoms with Crippen LogP contribution in [0.25, 0.3) is 0 Å². The summed E-state index contributed by atoms with van der Waals surface area (Å²) in [7, 11) is 0. The van der Waals surface area contributed by atoms with Gasteiger partial charge in [-0.1, -0.05) is 11.6 Å². The second-order valence-electron chi connectivity index (χ2n) is 5.63. The summed E-state index contributed by atoms with van der Waals surface area (Å²) in [5.74, 6) is 0.519. The average molecular weight is 345 g/mol. The Morgan fingerprint density at radius 1 is 1.54 bits per heavy atom. The summed E-state index contributed by atoms with van der Waals surface area (Å²) in [4.78, 5) is 16.0. The van der Waals surface area contributed by atoms with Crippen molar-refractivity contribution < 1.29 is 4.79 Å². The summed E-state index contributed by atoms with van der Waals surface area (Å²) in [6.45, 7) is 2.77. The summed E-state index contributed by atoms with van der Waals surface area (Å²) >= 11 is 6.20. The first-order valence-electron chi connectivity index (χ1n) is 7.74. The van der Waals surface area contributed by atoms with Crippen molar-refractivity contribution in [2.24, 2.45) is 0 Å². The van der Waals surface area contributed by atoms with E-state index in [9.17, 15) is 4.79 Å². The summed E-state index contributed by atoms with van der Waals surface area (Å²) in [6, 6.07) is 3.31. The maximum absolute atomic E-state index is 11.8. The molecule has 7 nitrogen and oxygen atoms in total. The second-order valence-corrected chi connectivity index (χ2v) is 6.04. The molecule has 1 amide bonds. The number of hydrogen-bond acceptors (Lipinski definition) is 5. The lowest BCUT2D eigenvalue weighted by molar-refractivity contribution is -0.123. The molecule has 2 aromatic heterocycles. The first-order chi connectivity index (χ1) is 11.6. The molecule has 0 unspecified atom stereocenters. The maximum atomic E-state index is 11.8. The number of hydrogen-bond donors (Lipinski definition) is 2. The molecule has 0 spiro atoms. The van der Waals surface area contributed by atoms with Gasteiger partial charge in [0, 0.05) is 30.9 Å². The fourth-order valence-corrected chi connectivity index (χ4v) is 2.99. The highest BCUT2D eigenvalue weighted by Gasteiger charge is 2.31. The van der Waals surface area contributed by atoms with Crippen LogP contribution in [0.2, 0.25) is 5.02 Å². The molecule has 0 saturated carbocycles. The number of aromatic nitrogens is 3. The number of nitrogens with zero attached hydrogens (tertiary/aromatic N) is 4. The largest absolute Gasteiger partial charge is 0.364 e. The van der Waals surface area contributed by atoms with Gasteiger partial charge in [-0.25, -0.2) is 4.98 Å². The van der Waals surface area contributed by atoms with Gasteiger partial charge in [0.05, 0.1) is 28.9 Å². The minimum Gasteiger partial charge on any atom is -0.364 e. The molecule has 1 fully saturated rings. The van der Waals surface area contributed by atoms with Gasteiger partial charge in [-0.2, -0.15) is 10.4 Å². The number of rotatable bonds is 4. The lowest BCUT2D eigenvalue weighted by Crippen LogP contribution is -2.45. The number of aryl methyl sites for hydroxylation is 1. The van der Waals surface area contributed by atoms with Crippen LogP contribution in [0.4, 0.5) is 5.82 Å². The van der Waals surface area contributed by atoms with Crippen LogP contribution in [0.3, 0.4) is 0 Å². The molecule has 3 heterocycles. The van der Waals surface area contributed by atoms with Gasteiger partial charge in [-0.15, -0.1) is 0 Å². The molecule has 0 aliphatic carbocycles. The SMILES string of the molecule is CCn1cc([C@@H]2NC(=O)CC[C@H]2Nc2ncc(C#N)cc2Cl)cn1. The van der Waals surface area contributed by atoms with E-state index < -0.39 is 0 Å². The van der Waals surface area contributed by atoms with E-state index in [1.807, 2.05) is 23.9 Å². The van der Waals surface area contributed by atoms with Gasteiger partial charge in [0.25, 0.3) is 0 Å². The van der Waals surface area contributed by atoms with Crippen LogP contribution in [0.1, 0.15) is 36.9 Å². The Hall–Kier alpha value is -2.59. The van der Waals surface area contributed by atoms with Gasteiger partial charge < -0.3 is 10.6 Å². The highest BCUT2D eigenvalue weighted by atomic mass is 35.5. The highest BCUT2D eigenvalue weighted by molar-refractivity contribution is 6.33. The lowest BCUT2D eigenvalue weighted by atomic mass is 9.93. The number of anilines is 1. The van der Waals surface area contributed by atoms with Gasteiger partial charge in [0.2, 0.25) is 5.91 Å². The molecule has 3 rings (SSSR count). The number of piperidine rings is 1. The summed E-state index contributed by atoms with van der Waals surface area (Å²) < 4.78 is 1.82. The molecule has 124 valence electrons. The molecule has 2 aromatic rings. The van der Waals surface area contributed by atoms with E-state index in [-0.39, 0.29) is 18.0 Å². The van der Waals surface area contributed by atoms with Gasteiger partial charge in [-0.3, -0.25) is 9.48 Å². The van der Waals surface area contributed by atoms with Crippen molar-refractivity contribution >= 4 is 23.3 Å². The number of nitriles is 1. The van der Waals surface area contributed by atoms with Crippen LogP contribution < -0.4 is 10.6 Å². The summed E-state index contributed by atoms with van der Waals surface area (Å²) in [5, 5.41) is 19.9. The number of pyridine rings is 1. The quantitative estimate of drug-likeness (QED) is 0.886. The monoisotopic (exact) mass is 344 g/mol. The fourth-order valence-electron chi connectivity index (χ4n) is 2.76. The van der Waals surface area contributed by atoms with Crippen LogP contribution >= 0.6 is 11.6 Å². The normalized spacial score (nSPS) is 20.3. The van der Waals surface area contributed by atoms with E-state index in [1.54, 1.807) is 12.3 Å². The summed E-state index contributed by atoms with van der Waals surface area (Å²) in [5.41, 5.74) is 1.34. The van der Waals surface area contributed by atoms with Gasteiger partial charge >= 0.3 is 0 Å². The zero-order valence-electron chi connectivity index (χ0n) is 13.2. The van der Waals surface area contributed by atoms with Crippen molar-refractivity contribution in [1.29, 1.82) is 5.26 Å². The molecular weight excluding hydrogens is 328 g/mol. The molecule has 0 radical (unpaired) electrons. The Morgan fingerprint density at radius 2 is 2.38 bits per heavy atom. The first kappa shape index (κ1) is 16.3. The van der Waals surface area contributed by atoms with Crippen molar-refractivity contribution in [2.45, 2.75) is 38.4 Å². The van der Waals surface area contributed by atoms with Crippen molar-refractivity contribution in [2.75, 3.05) is 5.32 Å². The second kappa shape index (κ2) is 6.89. The fraction of sp³-hybridized carbons (Fsp3) is 0.375. The minimum absolute atomic E-state index is 0.0150. The Labute approximate surface area is 144 Å². The summed E-state index contributed by atoms with van der Waals surface area (Å²) in [6.07, 6.45) is 6.26. The lowest BCUT2D eigenvalue weighted by Gasteiger charge is -2.32. The smallest absolute Gasteiger partial charge is 0.220 e. The van der Waals surface area contributed by atoms with Crippen LogP contribution in [-0.4, -0.2) is 26.7 Å². The van der Waals surface area contributed by atoms with E-state index >= 15 is 0 Å². The molecule has 1 aliphatic rings. The molecular formula is C16H17ClN6O. The van der Waals surface area contributed by atoms with Gasteiger partial charge in [0.1, 0.15) is 11.9 Å². The predicted molar refractivity (Wildman–Crippen MR) is 89.4 cm³/mol. The van der Waals surface area contributed by atoms with Crippen LogP contribution in [0, 0.1) is 11.3 Å². The number of carbonyl (C=O) groups excluding carboxylic acids is 1. The molecule has 8 heteroatoms. The molecule has 0 bridgehead atoms. The predicted octanol–water partition coefficient (Wildman–Crippen LogP) is 2.25. The molecule has 1 saturated heterocycles. The van der Waals surface area contributed by atoms with Crippen LogP contribution in [0.15, 0.2) is 24.7 Å². The number of nitrogens with one attached hydrogen (secondary N) is 2. The molecule has 24 heavy (non-hydrogen) atoms. The Kier molecular flexibility index (Phi) is 4.67. The van der Waals surface area contributed by atoms with Crippen LogP contribution in [0.5, 0.6) is 0 Å². The third kappa shape index (κ3) is 3.34. The number of amides is 1. The van der Waals surface area contributed by atoms with E-state index in [2.05, 4.69) is 20.7 Å². The Balaban J connectivity index is 1.84. The minimum atomic E-state index is -0.208. The van der Waals surface area contributed by atoms with Crippen molar-refractivity contribution in [3.05, 3.63) is 40.8 Å². The molecule has 2 N–H and O–H groups in total. The van der Waals surface area contributed by atoms with Crippen molar-refractivity contribution in [1.82, 2.24) is 20.1 Å². The number of halogens is 1. The Morgan fingerprint density at radius 3 is 3.04 bits per heavy atom. The van der Waals surface area contributed by atoms with E-state index in [0.29, 0.717) is 29.2 Å². The molecule has 0 aromatic carbocycles. The zero-order chi connectivity index (χ0) is 17.1. The third-order valence-corrected chi connectivity index (χ3v) is 4.32. The first-order valence-corrected chi connectivity index (χ1v) is 8.12. The van der Waals surface area contributed by atoms with Gasteiger partial charge in [-0.05, 0) is 19.4 Å². The van der Waals surface area contributed by atoms with Crippen LogP contribution in [-0.2, 0) is 11.3 Å². The van der Waals surface area contributed by atoms with E-state index in [1.165, 1.54) is 6.20 Å². The molecule has 2 atom stereocenters. The molecule has 1 aliphatic heterocycles. The van der Waals surface area contributed by atoms with E-state index in [0.717, 1.165) is 12.1 Å². The zero-order valence-corrected chi connectivity index (χ0v) is 13.9. The topological polar surface area (TPSA) is 95.6 Å². The number of carbonyl (C=O) groups is 1. The standard InChI is InChI=1S/C16H17ClN6O/c1-2-23-9-11(8-20-23)15-13(3-4-14(24)22-15)21-16-12(17)5-10(6-18)7-19-16/h5,7-9,13,15H,2-4H2,1H3,(H,19,21)(H,22,24)/t13-,15+/m1/s1. The highest BCUT2D eigenvalue weighted by Crippen LogP contribution is 2.29. The third-order valence-electron chi connectivity index (χ3n) is 4.03. The maximum Gasteiger partial charge on any atom is 0.220 e. The van der Waals surface area contributed by atoms with Gasteiger partial charge in [0.15, 0.2) is 0 Å². The van der Waals surface area contributed by atoms with E-state index in [4.69, 9.17) is 16.9 Å².